The monoisotopic (exact) mass is 433 g/mol. The van der Waals surface area contributed by atoms with Crippen LogP contribution in [0.15, 0.2) is 24.3 Å². The zero-order valence-corrected chi connectivity index (χ0v) is 19.0. The third-order valence-electron chi connectivity index (χ3n) is 5.77. The second-order valence-corrected chi connectivity index (χ2v) is 10.5. The van der Waals surface area contributed by atoms with E-state index in [0.717, 1.165) is 61.8 Å². The zero-order valence-electron chi connectivity index (χ0n) is 17.4. The van der Waals surface area contributed by atoms with E-state index in [2.05, 4.69) is 34.7 Å². The Balaban J connectivity index is 1.17. The van der Waals surface area contributed by atoms with Crippen LogP contribution in [0.2, 0.25) is 0 Å². The van der Waals surface area contributed by atoms with Gasteiger partial charge in [0.05, 0.1) is 28.2 Å². The Hall–Kier alpha value is -1.15. The van der Waals surface area contributed by atoms with Crippen LogP contribution in [-0.2, 0) is 15.3 Å². The molecule has 2 saturated heterocycles. The van der Waals surface area contributed by atoms with E-state index in [0.29, 0.717) is 23.9 Å². The van der Waals surface area contributed by atoms with Gasteiger partial charge in [-0.2, -0.15) is 0 Å². The summed E-state index contributed by atoms with van der Waals surface area (Å²) < 4.78 is 7.06. The summed E-state index contributed by atoms with van der Waals surface area (Å²) >= 11 is 3.42. The number of hydrogen-bond donors (Lipinski definition) is 0. The first-order valence-corrected chi connectivity index (χ1v) is 12.6. The molecule has 0 radical (unpaired) electrons. The van der Waals surface area contributed by atoms with E-state index in [1.54, 1.807) is 23.1 Å². The molecule has 1 amide bonds. The highest BCUT2D eigenvalue weighted by Crippen LogP contribution is 2.26. The molecule has 0 bridgehead atoms. The Morgan fingerprint density at radius 2 is 1.93 bits per heavy atom. The average molecular weight is 434 g/mol. The van der Waals surface area contributed by atoms with Crippen LogP contribution in [0.5, 0.6) is 0 Å². The fourth-order valence-corrected chi connectivity index (χ4v) is 6.41. The molecule has 1 aromatic carbocycles. The summed E-state index contributed by atoms with van der Waals surface area (Å²) in [7, 11) is 0. The molecule has 2 aromatic rings. The number of morpholine rings is 1. The number of thiazole rings is 1. The van der Waals surface area contributed by atoms with Crippen LogP contribution in [0.1, 0.15) is 31.7 Å². The van der Waals surface area contributed by atoms with Gasteiger partial charge in [0.1, 0.15) is 5.01 Å². The predicted molar refractivity (Wildman–Crippen MR) is 122 cm³/mol. The van der Waals surface area contributed by atoms with Crippen LogP contribution >= 0.6 is 23.1 Å². The molecule has 158 valence electrons. The Morgan fingerprint density at radius 1 is 1.21 bits per heavy atom. The SMILES string of the molecule is CC1CN(CC2CCN(C(=O)CSCc3nc4ccccc4s3)CC2)CC(C)O1. The van der Waals surface area contributed by atoms with Gasteiger partial charge in [0.2, 0.25) is 5.91 Å². The molecular weight excluding hydrogens is 402 g/mol. The summed E-state index contributed by atoms with van der Waals surface area (Å²) in [4.78, 5) is 21.9. The number of hydrogen-bond acceptors (Lipinski definition) is 6. The third-order valence-corrected chi connectivity index (χ3v) is 7.92. The molecule has 1 aromatic heterocycles. The van der Waals surface area contributed by atoms with Crippen molar-refractivity contribution in [1.29, 1.82) is 0 Å². The van der Waals surface area contributed by atoms with Gasteiger partial charge in [-0.3, -0.25) is 9.69 Å². The fraction of sp³-hybridized carbons (Fsp3) is 0.636. The van der Waals surface area contributed by atoms with Gasteiger partial charge in [0, 0.05) is 38.5 Å². The Morgan fingerprint density at radius 3 is 2.66 bits per heavy atom. The average Bonchev–Trinajstić information content (AvgIpc) is 3.10. The highest BCUT2D eigenvalue weighted by atomic mass is 32.2. The maximum atomic E-state index is 12.6. The molecule has 0 saturated carbocycles. The molecule has 5 nitrogen and oxygen atoms in total. The van der Waals surface area contributed by atoms with E-state index in [9.17, 15) is 4.79 Å². The largest absolute Gasteiger partial charge is 0.373 e. The van der Waals surface area contributed by atoms with Gasteiger partial charge in [-0.25, -0.2) is 4.98 Å². The number of amides is 1. The number of benzene rings is 1. The molecular formula is C22H31N3O2S2. The molecule has 2 aliphatic rings. The number of fused-ring (bicyclic) bond motifs is 1. The molecule has 2 aliphatic heterocycles. The quantitative estimate of drug-likeness (QED) is 0.692. The third kappa shape index (κ3) is 5.72. The summed E-state index contributed by atoms with van der Waals surface area (Å²) in [5.41, 5.74) is 1.06. The first kappa shape index (κ1) is 21.1. The first-order valence-electron chi connectivity index (χ1n) is 10.6. The second-order valence-electron chi connectivity index (χ2n) is 8.37. The molecule has 0 spiro atoms. The number of para-hydroxylation sites is 1. The van der Waals surface area contributed by atoms with Gasteiger partial charge in [-0.05, 0) is 44.7 Å². The summed E-state index contributed by atoms with van der Waals surface area (Å²) in [6.45, 7) is 9.34. The highest BCUT2D eigenvalue weighted by Gasteiger charge is 2.27. The Labute approximate surface area is 181 Å². The summed E-state index contributed by atoms with van der Waals surface area (Å²) in [5, 5.41) is 1.11. The van der Waals surface area contributed by atoms with E-state index in [1.165, 1.54) is 4.70 Å². The van der Waals surface area contributed by atoms with Gasteiger partial charge < -0.3 is 9.64 Å². The second kappa shape index (κ2) is 9.77. The standard InChI is InChI=1S/C22H31N3O2S2/c1-16-11-24(12-17(2)27-16)13-18-7-9-25(10-8-18)22(26)15-28-14-21-23-19-5-3-4-6-20(19)29-21/h3-6,16-18H,7-15H2,1-2H3. The molecule has 7 heteroatoms. The smallest absolute Gasteiger partial charge is 0.232 e. The summed E-state index contributed by atoms with van der Waals surface area (Å²) in [5.74, 6) is 2.35. The number of piperidine rings is 1. The van der Waals surface area contributed by atoms with Crippen molar-refractivity contribution in [2.75, 3.05) is 38.5 Å². The lowest BCUT2D eigenvalue weighted by Crippen LogP contribution is -2.48. The lowest BCUT2D eigenvalue weighted by molar-refractivity contribution is -0.129. The van der Waals surface area contributed by atoms with Crippen molar-refractivity contribution >= 4 is 39.2 Å². The number of rotatable bonds is 6. The van der Waals surface area contributed by atoms with Crippen molar-refractivity contribution in [1.82, 2.24) is 14.8 Å². The lowest BCUT2D eigenvalue weighted by atomic mass is 9.95. The molecule has 29 heavy (non-hydrogen) atoms. The summed E-state index contributed by atoms with van der Waals surface area (Å²) in [6, 6.07) is 8.22. The number of likely N-dealkylation sites (tertiary alicyclic amines) is 1. The number of nitrogens with zero attached hydrogens (tertiary/aromatic N) is 3. The molecule has 2 fully saturated rings. The van der Waals surface area contributed by atoms with Crippen molar-refractivity contribution in [3.63, 3.8) is 0 Å². The predicted octanol–water partition coefficient (Wildman–Crippen LogP) is 3.88. The van der Waals surface area contributed by atoms with Crippen LogP contribution < -0.4 is 0 Å². The van der Waals surface area contributed by atoms with E-state index >= 15 is 0 Å². The fourth-order valence-electron chi connectivity index (χ4n) is 4.46. The van der Waals surface area contributed by atoms with Crippen LogP contribution in [0.25, 0.3) is 10.2 Å². The highest BCUT2D eigenvalue weighted by molar-refractivity contribution is 7.99. The minimum absolute atomic E-state index is 0.281. The van der Waals surface area contributed by atoms with E-state index in [1.807, 2.05) is 18.2 Å². The molecule has 2 atom stereocenters. The molecule has 4 rings (SSSR count). The van der Waals surface area contributed by atoms with Crippen LogP contribution in [0.4, 0.5) is 0 Å². The van der Waals surface area contributed by atoms with Crippen LogP contribution in [0, 0.1) is 5.92 Å². The minimum Gasteiger partial charge on any atom is -0.373 e. The van der Waals surface area contributed by atoms with Crippen molar-refractivity contribution in [2.45, 2.75) is 44.6 Å². The van der Waals surface area contributed by atoms with Gasteiger partial charge in [-0.15, -0.1) is 23.1 Å². The van der Waals surface area contributed by atoms with Crippen molar-refractivity contribution in [2.24, 2.45) is 5.92 Å². The van der Waals surface area contributed by atoms with Gasteiger partial charge in [0.25, 0.3) is 0 Å². The van der Waals surface area contributed by atoms with Crippen LogP contribution in [-0.4, -0.2) is 71.4 Å². The number of thioether (sulfide) groups is 1. The van der Waals surface area contributed by atoms with Gasteiger partial charge in [-0.1, -0.05) is 12.1 Å². The number of carbonyl (C=O) groups excluding carboxylic acids is 1. The van der Waals surface area contributed by atoms with Crippen molar-refractivity contribution < 1.29 is 9.53 Å². The van der Waals surface area contributed by atoms with Crippen molar-refractivity contribution in [3.8, 4) is 0 Å². The number of carbonyl (C=O) groups is 1. The van der Waals surface area contributed by atoms with E-state index < -0.39 is 0 Å². The normalized spacial score (nSPS) is 24.3. The number of ether oxygens (including phenoxy) is 1. The Bertz CT molecular complexity index is 776. The molecule has 3 heterocycles. The maximum absolute atomic E-state index is 12.6. The number of aromatic nitrogens is 1. The summed E-state index contributed by atoms with van der Waals surface area (Å²) in [6.07, 6.45) is 2.89. The zero-order chi connectivity index (χ0) is 20.2. The van der Waals surface area contributed by atoms with Crippen molar-refractivity contribution in [3.05, 3.63) is 29.3 Å². The lowest BCUT2D eigenvalue weighted by Gasteiger charge is -2.39. The van der Waals surface area contributed by atoms with E-state index in [-0.39, 0.29) is 5.91 Å². The van der Waals surface area contributed by atoms with Gasteiger partial charge >= 0.3 is 0 Å². The van der Waals surface area contributed by atoms with Gasteiger partial charge in [0.15, 0.2) is 0 Å². The minimum atomic E-state index is 0.281. The Kier molecular flexibility index (Phi) is 7.11. The molecule has 0 N–H and O–H groups in total. The first-order chi connectivity index (χ1) is 14.1. The topological polar surface area (TPSA) is 45.7 Å². The van der Waals surface area contributed by atoms with E-state index in [4.69, 9.17) is 4.74 Å². The molecule has 2 unspecified atom stereocenters. The molecule has 0 aliphatic carbocycles. The van der Waals surface area contributed by atoms with Crippen LogP contribution in [0.3, 0.4) is 0 Å². The maximum Gasteiger partial charge on any atom is 0.232 e.